The van der Waals surface area contributed by atoms with Gasteiger partial charge in [0.05, 0.1) is 12.7 Å². The summed E-state index contributed by atoms with van der Waals surface area (Å²) in [6, 6.07) is 15.4. The number of nitrogens with zero attached hydrogens (tertiary/aromatic N) is 4. The molecule has 146 valence electrons. The summed E-state index contributed by atoms with van der Waals surface area (Å²) in [6.07, 6.45) is 2.94. The Kier molecular flexibility index (Phi) is 6.52. The van der Waals surface area contributed by atoms with Gasteiger partial charge in [-0.1, -0.05) is 48.5 Å². The summed E-state index contributed by atoms with van der Waals surface area (Å²) >= 11 is 0. The van der Waals surface area contributed by atoms with Gasteiger partial charge in [-0.05, 0) is 43.3 Å². The van der Waals surface area contributed by atoms with Crippen molar-refractivity contribution in [1.29, 1.82) is 0 Å². The molecule has 28 heavy (non-hydrogen) atoms. The van der Waals surface area contributed by atoms with Crippen molar-refractivity contribution in [3.8, 4) is 11.3 Å². The number of carbonyl (C=O) groups is 1. The Labute approximate surface area is 164 Å². The number of carbonyl (C=O) groups excluding carboxylic acids is 1. The molecule has 2 aromatic carbocycles. The lowest BCUT2D eigenvalue weighted by Crippen LogP contribution is -2.20. The van der Waals surface area contributed by atoms with Gasteiger partial charge in [0.1, 0.15) is 5.69 Å². The molecule has 1 aromatic heterocycles. The van der Waals surface area contributed by atoms with Crippen molar-refractivity contribution < 1.29 is 10.0 Å². The van der Waals surface area contributed by atoms with E-state index in [9.17, 15) is 4.79 Å². The van der Waals surface area contributed by atoms with Crippen LogP contribution in [0.2, 0.25) is 0 Å². The van der Waals surface area contributed by atoms with Crippen molar-refractivity contribution in [3.05, 3.63) is 71.4 Å². The molecule has 3 aromatic rings. The fourth-order valence-corrected chi connectivity index (χ4v) is 2.84. The minimum Gasteiger partial charge on any atom is -0.306 e. The van der Waals surface area contributed by atoms with Crippen LogP contribution in [0.1, 0.15) is 28.4 Å². The number of likely N-dealkylation sites (N-methyl/N-ethyl adjacent to an activating group) is 1. The molecule has 0 fully saturated rings. The van der Waals surface area contributed by atoms with Crippen LogP contribution in [0, 0.1) is 0 Å². The van der Waals surface area contributed by atoms with Gasteiger partial charge in [0.2, 0.25) is 0 Å². The number of hydroxylamine groups is 1. The van der Waals surface area contributed by atoms with Crippen LogP contribution in [-0.4, -0.2) is 51.1 Å². The molecular weight excluding hydrogens is 354 g/mol. The molecule has 0 saturated heterocycles. The van der Waals surface area contributed by atoms with E-state index in [1.807, 2.05) is 18.3 Å². The molecule has 0 atom stereocenters. The Morgan fingerprint density at radius 1 is 1.11 bits per heavy atom. The van der Waals surface area contributed by atoms with Gasteiger partial charge in [0.25, 0.3) is 5.91 Å². The Balaban J connectivity index is 1.62. The third kappa shape index (κ3) is 5.03. The van der Waals surface area contributed by atoms with Crippen molar-refractivity contribution >= 4 is 5.91 Å². The third-order valence-electron chi connectivity index (χ3n) is 4.77. The van der Waals surface area contributed by atoms with E-state index in [-0.39, 0.29) is 0 Å². The lowest BCUT2D eigenvalue weighted by atomic mass is 10.1. The van der Waals surface area contributed by atoms with Crippen molar-refractivity contribution in [2.45, 2.75) is 19.9 Å². The van der Waals surface area contributed by atoms with Crippen LogP contribution in [0.3, 0.4) is 0 Å². The van der Waals surface area contributed by atoms with Gasteiger partial charge in [-0.25, -0.2) is 10.2 Å². The molecule has 0 saturated carbocycles. The second-order valence-electron chi connectivity index (χ2n) is 6.78. The lowest BCUT2D eigenvalue weighted by Gasteiger charge is -2.13. The largest absolute Gasteiger partial charge is 0.306 e. The van der Waals surface area contributed by atoms with E-state index in [0.717, 1.165) is 36.3 Å². The monoisotopic (exact) mass is 379 g/mol. The number of nitrogens with one attached hydrogen (secondary N) is 1. The van der Waals surface area contributed by atoms with Crippen molar-refractivity contribution in [2.75, 3.05) is 20.1 Å². The minimum atomic E-state index is -0.528. The predicted molar refractivity (Wildman–Crippen MR) is 107 cm³/mol. The number of aromatic nitrogens is 3. The fraction of sp³-hybridized carbons (Fsp3) is 0.286. The van der Waals surface area contributed by atoms with Gasteiger partial charge in [-0.3, -0.25) is 10.0 Å². The molecule has 3 rings (SSSR count). The topological polar surface area (TPSA) is 83.3 Å². The Morgan fingerprint density at radius 2 is 1.79 bits per heavy atom. The highest BCUT2D eigenvalue weighted by Gasteiger charge is 2.07. The van der Waals surface area contributed by atoms with Gasteiger partial charge in [0, 0.05) is 17.7 Å². The molecule has 1 amide bonds. The fourth-order valence-electron chi connectivity index (χ4n) is 2.84. The summed E-state index contributed by atoms with van der Waals surface area (Å²) in [6.45, 7) is 4.81. The molecule has 0 spiro atoms. The second-order valence-corrected chi connectivity index (χ2v) is 6.78. The van der Waals surface area contributed by atoms with Gasteiger partial charge >= 0.3 is 0 Å². The summed E-state index contributed by atoms with van der Waals surface area (Å²) in [5.74, 6) is -0.528. The van der Waals surface area contributed by atoms with E-state index < -0.39 is 5.91 Å². The van der Waals surface area contributed by atoms with Crippen LogP contribution >= 0.6 is 0 Å². The Hall–Kier alpha value is -3.03. The zero-order valence-electron chi connectivity index (χ0n) is 16.2. The molecule has 0 unspecified atom stereocenters. The van der Waals surface area contributed by atoms with E-state index in [1.165, 1.54) is 5.56 Å². The number of hydrogen-bond donors (Lipinski definition) is 2. The van der Waals surface area contributed by atoms with Gasteiger partial charge in [0.15, 0.2) is 0 Å². The van der Waals surface area contributed by atoms with Crippen LogP contribution < -0.4 is 5.48 Å². The minimum absolute atomic E-state index is 0.399. The normalized spacial score (nSPS) is 11.0. The molecular formula is C21H25N5O2. The highest BCUT2D eigenvalue weighted by molar-refractivity contribution is 5.93. The van der Waals surface area contributed by atoms with Gasteiger partial charge < -0.3 is 4.90 Å². The standard InChI is InChI=1S/C21H25N5O2/c1-3-25(2)13-12-16-4-8-18(9-5-16)20-15-26(24-22-20)14-17-6-10-19(11-7-17)21(27)23-28/h4-11,15,28H,3,12-14H2,1-2H3,(H,23,27). The van der Waals surface area contributed by atoms with E-state index >= 15 is 0 Å². The SMILES string of the molecule is CCN(C)CCc1ccc(-c2cn(Cc3ccc(C(=O)NO)cc3)nn2)cc1. The first kappa shape index (κ1) is 19.7. The molecule has 1 heterocycles. The van der Waals surface area contributed by atoms with Gasteiger partial charge in [-0.15, -0.1) is 5.10 Å². The van der Waals surface area contributed by atoms with Crippen molar-refractivity contribution in [1.82, 2.24) is 25.4 Å². The summed E-state index contributed by atoms with van der Waals surface area (Å²) in [7, 11) is 2.13. The van der Waals surface area contributed by atoms with Crippen LogP contribution in [0.15, 0.2) is 54.7 Å². The smallest absolute Gasteiger partial charge is 0.274 e. The number of rotatable bonds is 8. The van der Waals surface area contributed by atoms with Crippen LogP contribution in [0.5, 0.6) is 0 Å². The van der Waals surface area contributed by atoms with Gasteiger partial charge in [-0.2, -0.15) is 0 Å². The first-order chi connectivity index (χ1) is 13.6. The highest BCUT2D eigenvalue weighted by Crippen LogP contribution is 2.18. The molecule has 0 aliphatic carbocycles. The summed E-state index contributed by atoms with van der Waals surface area (Å²) < 4.78 is 1.76. The first-order valence-electron chi connectivity index (χ1n) is 9.30. The number of hydrogen-bond acceptors (Lipinski definition) is 5. The maximum absolute atomic E-state index is 11.4. The van der Waals surface area contributed by atoms with Crippen LogP contribution in [0.25, 0.3) is 11.3 Å². The van der Waals surface area contributed by atoms with Crippen LogP contribution in [0.4, 0.5) is 0 Å². The van der Waals surface area contributed by atoms with E-state index in [1.54, 1.807) is 22.3 Å². The van der Waals surface area contributed by atoms with Crippen molar-refractivity contribution in [3.63, 3.8) is 0 Å². The van der Waals surface area contributed by atoms with Crippen LogP contribution in [-0.2, 0) is 13.0 Å². The molecule has 0 bridgehead atoms. The average molecular weight is 379 g/mol. The van der Waals surface area contributed by atoms with E-state index in [2.05, 4.69) is 53.4 Å². The Morgan fingerprint density at radius 3 is 2.43 bits per heavy atom. The number of amides is 1. The molecule has 7 nitrogen and oxygen atoms in total. The van der Waals surface area contributed by atoms with E-state index in [0.29, 0.717) is 12.1 Å². The zero-order chi connectivity index (χ0) is 19.9. The third-order valence-corrected chi connectivity index (χ3v) is 4.77. The first-order valence-corrected chi connectivity index (χ1v) is 9.30. The summed E-state index contributed by atoms with van der Waals surface area (Å²) in [5, 5.41) is 17.1. The zero-order valence-corrected chi connectivity index (χ0v) is 16.2. The lowest BCUT2D eigenvalue weighted by molar-refractivity contribution is 0.0706. The molecule has 0 radical (unpaired) electrons. The molecule has 2 N–H and O–H groups in total. The maximum Gasteiger partial charge on any atom is 0.274 e. The second kappa shape index (κ2) is 9.25. The average Bonchev–Trinajstić information content (AvgIpc) is 3.20. The highest BCUT2D eigenvalue weighted by atomic mass is 16.5. The summed E-state index contributed by atoms with van der Waals surface area (Å²) in [5.41, 5.74) is 6.18. The molecule has 7 heteroatoms. The summed E-state index contributed by atoms with van der Waals surface area (Å²) in [4.78, 5) is 13.7. The molecule has 0 aliphatic heterocycles. The number of benzene rings is 2. The maximum atomic E-state index is 11.4. The molecule has 0 aliphatic rings. The van der Waals surface area contributed by atoms with E-state index in [4.69, 9.17) is 5.21 Å². The predicted octanol–water partition coefficient (Wildman–Crippen LogP) is 2.61. The Bertz CT molecular complexity index is 903. The van der Waals surface area contributed by atoms with Crippen molar-refractivity contribution in [2.24, 2.45) is 0 Å². The quantitative estimate of drug-likeness (QED) is 0.464.